The Hall–Kier alpha value is -0.860. The molecule has 0 spiro atoms. The van der Waals surface area contributed by atoms with Crippen LogP contribution >= 0.6 is 24.0 Å². The molecule has 1 aromatic carbocycles. The molecule has 1 heterocycles. The lowest BCUT2D eigenvalue weighted by atomic mass is 10.1. The van der Waals surface area contributed by atoms with E-state index in [4.69, 9.17) is 0 Å². The van der Waals surface area contributed by atoms with Gasteiger partial charge in [-0.1, -0.05) is 30.3 Å². The average molecular weight is 445 g/mol. The van der Waals surface area contributed by atoms with Crippen molar-refractivity contribution in [2.75, 3.05) is 53.9 Å². The van der Waals surface area contributed by atoms with Crippen molar-refractivity contribution in [2.24, 2.45) is 4.99 Å². The minimum atomic E-state index is 0. The monoisotopic (exact) mass is 445 g/mol. The number of aryl methyl sites for hydroxylation is 1. The molecule has 0 aromatic heterocycles. The Labute approximate surface area is 163 Å². The van der Waals surface area contributed by atoms with Gasteiger partial charge in [0.2, 0.25) is 0 Å². The summed E-state index contributed by atoms with van der Waals surface area (Å²) in [5, 5.41) is 6.87. The Bertz CT molecular complexity index is 480. The molecule has 1 fully saturated rings. The fourth-order valence-electron chi connectivity index (χ4n) is 2.90. The maximum Gasteiger partial charge on any atom is 0.191 e. The maximum atomic E-state index is 4.32. The van der Waals surface area contributed by atoms with Crippen LogP contribution in [0.25, 0.3) is 0 Å². The van der Waals surface area contributed by atoms with Gasteiger partial charge in [-0.15, -0.1) is 24.0 Å². The van der Waals surface area contributed by atoms with Gasteiger partial charge in [0.1, 0.15) is 0 Å². The van der Waals surface area contributed by atoms with Gasteiger partial charge in [0.25, 0.3) is 0 Å². The van der Waals surface area contributed by atoms with Crippen molar-refractivity contribution in [2.45, 2.75) is 18.9 Å². The van der Waals surface area contributed by atoms with Crippen LogP contribution in [0.4, 0.5) is 0 Å². The van der Waals surface area contributed by atoms with Gasteiger partial charge in [0.05, 0.1) is 0 Å². The molecule has 1 aliphatic heterocycles. The third-order valence-corrected chi connectivity index (χ3v) is 4.49. The van der Waals surface area contributed by atoms with E-state index in [0.717, 1.165) is 51.5 Å². The van der Waals surface area contributed by atoms with Gasteiger partial charge in [-0.2, -0.15) is 0 Å². The predicted octanol–water partition coefficient (Wildman–Crippen LogP) is 1.65. The van der Waals surface area contributed by atoms with Crippen LogP contribution in [0.1, 0.15) is 12.0 Å². The number of nitrogens with one attached hydrogen (secondary N) is 2. The number of benzene rings is 1. The molecule has 0 bridgehead atoms. The highest BCUT2D eigenvalue weighted by molar-refractivity contribution is 14.0. The first kappa shape index (κ1) is 21.2. The molecule has 2 N–H and O–H groups in total. The largest absolute Gasteiger partial charge is 0.356 e. The fraction of sp³-hybridized carbons (Fsp3) is 0.611. The summed E-state index contributed by atoms with van der Waals surface area (Å²) in [7, 11) is 6.23. The number of guanidine groups is 1. The molecule has 2 rings (SSSR count). The van der Waals surface area contributed by atoms with Gasteiger partial charge in [-0.05, 0) is 32.5 Å². The van der Waals surface area contributed by atoms with Crippen LogP contribution in [0.5, 0.6) is 0 Å². The van der Waals surface area contributed by atoms with Crippen molar-refractivity contribution in [1.29, 1.82) is 0 Å². The van der Waals surface area contributed by atoms with Crippen molar-refractivity contribution < 1.29 is 0 Å². The van der Waals surface area contributed by atoms with E-state index < -0.39 is 0 Å². The first-order valence-electron chi connectivity index (χ1n) is 8.56. The topological polar surface area (TPSA) is 42.9 Å². The van der Waals surface area contributed by atoms with E-state index in [0.29, 0.717) is 6.04 Å². The zero-order valence-electron chi connectivity index (χ0n) is 15.2. The quantitative estimate of drug-likeness (QED) is 0.303. The van der Waals surface area contributed by atoms with Crippen molar-refractivity contribution in [3.8, 4) is 0 Å². The highest BCUT2D eigenvalue weighted by Crippen LogP contribution is 2.04. The van der Waals surface area contributed by atoms with Crippen LogP contribution in [0.2, 0.25) is 0 Å². The van der Waals surface area contributed by atoms with Gasteiger partial charge in [-0.25, -0.2) is 0 Å². The lowest BCUT2D eigenvalue weighted by Gasteiger charge is -2.37. The van der Waals surface area contributed by atoms with E-state index in [-0.39, 0.29) is 24.0 Å². The highest BCUT2D eigenvalue weighted by Gasteiger charge is 2.21. The molecular weight excluding hydrogens is 413 g/mol. The zero-order valence-corrected chi connectivity index (χ0v) is 17.5. The summed E-state index contributed by atoms with van der Waals surface area (Å²) in [5.74, 6) is 0.902. The number of hydrogen-bond donors (Lipinski definition) is 2. The summed E-state index contributed by atoms with van der Waals surface area (Å²) < 4.78 is 0. The van der Waals surface area contributed by atoms with Crippen molar-refractivity contribution >= 4 is 29.9 Å². The molecule has 1 aromatic rings. The summed E-state index contributed by atoms with van der Waals surface area (Å²) in [4.78, 5) is 9.14. The molecule has 1 unspecified atom stereocenters. The summed E-state index contributed by atoms with van der Waals surface area (Å²) in [5.41, 5.74) is 1.39. The molecule has 0 amide bonds. The van der Waals surface area contributed by atoms with E-state index in [1.165, 1.54) is 5.56 Å². The number of likely N-dealkylation sites (N-methyl/N-ethyl adjacent to an activating group) is 2. The van der Waals surface area contributed by atoms with Crippen LogP contribution in [-0.4, -0.2) is 75.7 Å². The molecule has 0 saturated carbocycles. The van der Waals surface area contributed by atoms with E-state index in [1.54, 1.807) is 0 Å². The van der Waals surface area contributed by atoms with Crippen LogP contribution in [0, 0.1) is 0 Å². The molecule has 5 nitrogen and oxygen atoms in total. The van der Waals surface area contributed by atoms with Crippen molar-refractivity contribution in [3.05, 3.63) is 35.9 Å². The third kappa shape index (κ3) is 7.36. The van der Waals surface area contributed by atoms with Crippen LogP contribution in [0.3, 0.4) is 0 Å². The van der Waals surface area contributed by atoms with Gasteiger partial charge < -0.3 is 15.5 Å². The fourth-order valence-corrected chi connectivity index (χ4v) is 2.90. The van der Waals surface area contributed by atoms with Crippen LogP contribution in [-0.2, 0) is 6.42 Å². The standard InChI is InChI=1S/C18H31N5.HI/c1-19-18(20-11-7-10-16-8-5-4-6-9-16)21-14-17-15-22(2)12-13-23(17)3;/h4-6,8-9,17H,7,10-15H2,1-3H3,(H2,19,20,21);1H. The first-order valence-corrected chi connectivity index (χ1v) is 8.56. The number of rotatable bonds is 6. The number of halogens is 1. The van der Waals surface area contributed by atoms with E-state index in [1.807, 2.05) is 7.05 Å². The smallest absolute Gasteiger partial charge is 0.191 e. The summed E-state index contributed by atoms with van der Waals surface area (Å²) in [6.45, 7) is 5.26. The highest BCUT2D eigenvalue weighted by atomic mass is 127. The molecule has 0 aliphatic carbocycles. The second-order valence-corrected chi connectivity index (χ2v) is 6.37. The predicted molar refractivity (Wildman–Crippen MR) is 113 cm³/mol. The lowest BCUT2D eigenvalue weighted by Crippen LogP contribution is -2.55. The molecule has 1 saturated heterocycles. The summed E-state index contributed by atoms with van der Waals surface area (Å²) >= 11 is 0. The Morgan fingerprint density at radius 2 is 1.92 bits per heavy atom. The normalized spacial score (nSPS) is 19.6. The minimum Gasteiger partial charge on any atom is -0.356 e. The number of hydrogen-bond acceptors (Lipinski definition) is 3. The molecule has 6 heteroatoms. The van der Waals surface area contributed by atoms with Gasteiger partial charge in [-0.3, -0.25) is 9.89 Å². The Balaban J connectivity index is 0.00000288. The van der Waals surface area contributed by atoms with Crippen molar-refractivity contribution in [1.82, 2.24) is 20.4 Å². The number of piperazine rings is 1. The van der Waals surface area contributed by atoms with Crippen molar-refractivity contribution in [3.63, 3.8) is 0 Å². The first-order chi connectivity index (χ1) is 11.2. The zero-order chi connectivity index (χ0) is 16.5. The molecule has 1 aliphatic rings. The van der Waals surface area contributed by atoms with Gasteiger partial charge in [0.15, 0.2) is 5.96 Å². The Morgan fingerprint density at radius 1 is 1.17 bits per heavy atom. The second kappa shape index (κ2) is 11.7. The summed E-state index contributed by atoms with van der Waals surface area (Å²) in [6.07, 6.45) is 2.21. The average Bonchev–Trinajstić information content (AvgIpc) is 2.58. The minimum absolute atomic E-state index is 0. The van der Waals surface area contributed by atoms with E-state index in [2.05, 4.69) is 69.9 Å². The van der Waals surface area contributed by atoms with Gasteiger partial charge in [0, 0.05) is 45.8 Å². The third-order valence-electron chi connectivity index (χ3n) is 4.49. The number of aliphatic imine (C=N–C) groups is 1. The summed E-state index contributed by atoms with van der Waals surface area (Å²) in [6, 6.07) is 11.2. The molecular formula is C18H32IN5. The number of nitrogens with zero attached hydrogens (tertiary/aromatic N) is 3. The molecule has 136 valence electrons. The van der Waals surface area contributed by atoms with Crippen LogP contribution < -0.4 is 10.6 Å². The maximum absolute atomic E-state index is 4.32. The van der Waals surface area contributed by atoms with Crippen LogP contribution in [0.15, 0.2) is 35.3 Å². The molecule has 24 heavy (non-hydrogen) atoms. The van der Waals surface area contributed by atoms with E-state index >= 15 is 0 Å². The molecule has 1 atom stereocenters. The Kier molecular flexibility index (Phi) is 10.3. The lowest BCUT2D eigenvalue weighted by molar-refractivity contribution is 0.116. The van der Waals surface area contributed by atoms with Gasteiger partial charge >= 0.3 is 0 Å². The SMILES string of the molecule is CN=C(NCCCc1ccccc1)NCC1CN(C)CCN1C.I. The van der Waals surface area contributed by atoms with E-state index in [9.17, 15) is 0 Å². The second-order valence-electron chi connectivity index (χ2n) is 6.37. The molecule has 0 radical (unpaired) electrons. The Morgan fingerprint density at radius 3 is 2.62 bits per heavy atom.